The van der Waals surface area contributed by atoms with Crippen molar-refractivity contribution in [3.05, 3.63) is 52.0 Å². The van der Waals surface area contributed by atoms with Crippen LogP contribution in [0.4, 0.5) is 10.5 Å². The quantitative estimate of drug-likeness (QED) is 0.693. The zero-order valence-electron chi connectivity index (χ0n) is 17.7. The molecule has 1 N–H and O–H groups in total. The van der Waals surface area contributed by atoms with Gasteiger partial charge in [0.15, 0.2) is 0 Å². The van der Waals surface area contributed by atoms with Gasteiger partial charge in [0.25, 0.3) is 5.91 Å². The molecule has 2 aromatic carbocycles. The molecule has 9 nitrogen and oxygen atoms in total. The second-order valence-corrected chi connectivity index (χ2v) is 8.59. The van der Waals surface area contributed by atoms with E-state index in [1.165, 1.54) is 15.9 Å². The third-order valence-electron chi connectivity index (χ3n) is 6.07. The Morgan fingerprint density at radius 1 is 1.18 bits per heavy atom. The number of nitrogens with zero attached hydrogens (tertiary/aromatic N) is 2. The predicted octanol–water partition coefficient (Wildman–Crippen LogP) is 2.67. The van der Waals surface area contributed by atoms with Gasteiger partial charge in [-0.3, -0.25) is 24.6 Å². The number of fused-ring (bicyclic) bond motifs is 2. The van der Waals surface area contributed by atoms with Gasteiger partial charge in [-0.25, -0.2) is 4.79 Å². The number of piperidine rings is 1. The topological polar surface area (TPSA) is 105 Å². The minimum Gasteiger partial charge on any atom is -0.491 e. The lowest BCUT2D eigenvalue weighted by atomic mass is 10.0. The van der Waals surface area contributed by atoms with Crippen LogP contribution in [0.3, 0.4) is 0 Å². The Morgan fingerprint density at radius 3 is 2.79 bits per heavy atom. The van der Waals surface area contributed by atoms with E-state index in [0.29, 0.717) is 35.1 Å². The van der Waals surface area contributed by atoms with Crippen molar-refractivity contribution in [1.82, 2.24) is 10.2 Å². The molecule has 0 aliphatic carbocycles. The number of halogens is 1. The number of carbonyl (C=O) groups excluding carboxylic acids is 4. The van der Waals surface area contributed by atoms with Gasteiger partial charge in [-0.15, -0.1) is 0 Å². The number of hydrogen-bond acceptors (Lipinski definition) is 6. The van der Waals surface area contributed by atoms with Crippen molar-refractivity contribution in [2.45, 2.75) is 31.8 Å². The van der Waals surface area contributed by atoms with E-state index in [9.17, 15) is 19.2 Å². The molecule has 1 unspecified atom stereocenters. The van der Waals surface area contributed by atoms with Gasteiger partial charge >= 0.3 is 6.09 Å². The number of ether oxygens (including phenoxy) is 2. The smallest absolute Gasteiger partial charge is 0.419 e. The standard InChI is InChI=1S/C23H20ClN3O6/c1-26(18-9-14(24)8-12-6-7-32-20(12)18)23(31)33-15-3-2-13-11-27(22(30)16(13)10-15)17-4-5-19(28)25-21(17)29/h2-3,8-10,17H,4-7,11H2,1H3,(H,25,28,29). The molecule has 0 spiro atoms. The summed E-state index contributed by atoms with van der Waals surface area (Å²) in [6.07, 6.45) is 0.510. The van der Waals surface area contributed by atoms with Crippen LogP contribution in [0.1, 0.15) is 34.3 Å². The van der Waals surface area contributed by atoms with Crippen molar-refractivity contribution in [1.29, 1.82) is 0 Å². The van der Waals surface area contributed by atoms with Crippen molar-refractivity contribution in [3.8, 4) is 11.5 Å². The summed E-state index contributed by atoms with van der Waals surface area (Å²) in [4.78, 5) is 52.1. The third-order valence-corrected chi connectivity index (χ3v) is 6.29. The maximum atomic E-state index is 13.0. The van der Waals surface area contributed by atoms with Gasteiger partial charge < -0.3 is 14.4 Å². The fourth-order valence-corrected chi connectivity index (χ4v) is 4.60. The number of carbonyl (C=O) groups is 4. The van der Waals surface area contributed by atoms with Crippen molar-refractivity contribution in [2.24, 2.45) is 0 Å². The van der Waals surface area contributed by atoms with Crippen LogP contribution in [0.2, 0.25) is 5.02 Å². The summed E-state index contributed by atoms with van der Waals surface area (Å²) in [5.41, 5.74) is 2.51. The Labute approximate surface area is 194 Å². The lowest BCUT2D eigenvalue weighted by Crippen LogP contribution is -2.52. The molecule has 3 aliphatic heterocycles. The first-order valence-corrected chi connectivity index (χ1v) is 10.9. The van der Waals surface area contributed by atoms with Gasteiger partial charge in [0, 0.05) is 42.6 Å². The molecule has 0 bridgehead atoms. The summed E-state index contributed by atoms with van der Waals surface area (Å²) in [5.74, 6) is -0.357. The van der Waals surface area contributed by atoms with Crippen LogP contribution in [0, 0.1) is 0 Å². The molecular formula is C23H20ClN3O6. The van der Waals surface area contributed by atoms with Crippen molar-refractivity contribution in [3.63, 3.8) is 0 Å². The van der Waals surface area contributed by atoms with Crippen LogP contribution < -0.4 is 19.7 Å². The lowest BCUT2D eigenvalue weighted by Gasteiger charge is -2.29. The molecule has 1 fully saturated rings. The summed E-state index contributed by atoms with van der Waals surface area (Å²) in [7, 11) is 1.55. The summed E-state index contributed by atoms with van der Waals surface area (Å²) < 4.78 is 11.2. The fourth-order valence-electron chi connectivity index (χ4n) is 4.36. The van der Waals surface area contributed by atoms with Gasteiger partial charge in [-0.05, 0) is 36.2 Å². The number of amides is 4. The van der Waals surface area contributed by atoms with Crippen LogP contribution in [0.5, 0.6) is 11.5 Å². The number of imide groups is 1. The molecule has 1 saturated heterocycles. The van der Waals surface area contributed by atoms with E-state index in [1.54, 1.807) is 25.2 Å². The van der Waals surface area contributed by atoms with Crippen LogP contribution in [0.25, 0.3) is 0 Å². The summed E-state index contributed by atoms with van der Waals surface area (Å²) in [6, 6.07) is 7.54. The number of benzene rings is 2. The molecule has 2 aromatic rings. The highest BCUT2D eigenvalue weighted by molar-refractivity contribution is 6.31. The molecule has 0 radical (unpaired) electrons. The highest BCUT2D eigenvalue weighted by Gasteiger charge is 2.39. The number of nitrogens with one attached hydrogen (secondary N) is 1. The van der Waals surface area contributed by atoms with Crippen molar-refractivity contribution < 1.29 is 28.7 Å². The Kier molecular flexibility index (Phi) is 5.20. The van der Waals surface area contributed by atoms with Crippen LogP contribution in [-0.2, 0) is 22.6 Å². The molecule has 33 heavy (non-hydrogen) atoms. The molecular weight excluding hydrogens is 450 g/mol. The molecule has 5 rings (SSSR count). The minimum atomic E-state index is -0.704. The molecule has 0 saturated carbocycles. The van der Waals surface area contributed by atoms with Crippen LogP contribution in [-0.4, -0.2) is 48.4 Å². The highest BCUT2D eigenvalue weighted by atomic mass is 35.5. The number of anilines is 1. The summed E-state index contributed by atoms with van der Waals surface area (Å²) in [6.45, 7) is 0.767. The lowest BCUT2D eigenvalue weighted by molar-refractivity contribution is -0.136. The van der Waals surface area contributed by atoms with Gasteiger partial charge in [0.1, 0.15) is 17.5 Å². The largest absolute Gasteiger partial charge is 0.491 e. The monoisotopic (exact) mass is 469 g/mol. The highest BCUT2D eigenvalue weighted by Crippen LogP contribution is 2.39. The Hall–Kier alpha value is -3.59. The van der Waals surface area contributed by atoms with E-state index >= 15 is 0 Å². The maximum Gasteiger partial charge on any atom is 0.419 e. The second kappa shape index (κ2) is 8.08. The molecule has 1 atom stereocenters. The SMILES string of the molecule is CN(C(=O)Oc1ccc2c(c1)C(=O)N(C1CCC(=O)NC1=O)C2)c1cc(Cl)cc2c1OCC2. The second-order valence-electron chi connectivity index (χ2n) is 8.16. The average molecular weight is 470 g/mol. The molecule has 3 heterocycles. The first kappa shape index (κ1) is 21.3. The Bertz CT molecular complexity index is 1210. The first-order valence-electron chi connectivity index (χ1n) is 10.5. The third kappa shape index (κ3) is 3.78. The first-order chi connectivity index (χ1) is 15.8. The molecule has 170 valence electrons. The molecule has 10 heteroatoms. The number of hydrogen-bond donors (Lipinski definition) is 1. The Balaban J connectivity index is 1.33. The van der Waals surface area contributed by atoms with E-state index in [0.717, 1.165) is 11.1 Å². The zero-order chi connectivity index (χ0) is 23.3. The van der Waals surface area contributed by atoms with Crippen LogP contribution in [0.15, 0.2) is 30.3 Å². The van der Waals surface area contributed by atoms with Gasteiger partial charge in [-0.2, -0.15) is 0 Å². The normalized spacial score (nSPS) is 19.0. The van der Waals surface area contributed by atoms with E-state index in [2.05, 4.69) is 5.32 Å². The van der Waals surface area contributed by atoms with Gasteiger partial charge in [0.2, 0.25) is 11.8 Å². The average Bonchev–Trinajstić information content (AvgIpc) is 3.37. The summed E-state index contributed by atoms with van der Waals surface area (Å²) in [5, 5.41) is 2.77. The zero-order valence-corrected chi connectivity index (χ0v) is 18.5. The Morgan fingerprint density at radius 2 is 2.00 bits per heavy atom. The fraction of sp³-hybridized carbons (Fsp3) is 0.304. The molecule has 4 amide bonds. The predicted molar refractivity (Wildman–Crippen MR) is 118 cm³/mol. The minimum absolute atomic E-state index is 0.183. The molecule has 3 aliphatic rings. The van der Waals surface area contributed by atoms with E-state index in [4.69, 9.17) is 21.1 Å². The van der Waals surface area contributed by atoms with Crippen LogP contribution >= 0.6 is 11.6 Å². The number of rotatable bonds is 3. The van der Waals surface area contributed by atoms with Crippen molar-refractivity contribution >= 4 is 41.1 Å². The molecule has 0 aromatic heterocycles. The van der Waals surface area contributed by atoms with Gasteiger partial charge in [0.05, 0.1) is 12.3 Å². The van der Waals surface area contributed by atoms with E-state index in [-0.39, 0.29) is 37.0 Å². The van der Waals surface area contributed by atoms with Crippen molar-refractivity contribution in [2.75, 3.05) is 18.6 Å². The summed E-state index contributed by atoms with van der Waals surface area (Å²) >= 11 is 6.19. The maximum absolute atomic E-state index is 13.0. The van der Waals surface area contributed by atoms with E-state index < -0.39 is 18.0 Å². The van der Waals surface area contributed by atoms with E-state index in [1.807, 2.05) is 6.07 Å². The van der Waals surface area contributed by atoms with Gasteiger partial charge in [-0.1, -0.05) is 17.7 Å².